The van der Waals surface area contributed by atoms with Crippen molar-refractivity contribution in [2.75, 3.05) is 0 Å². The topological polar surface area (TPSA) is 71.8 Å². The number of imidazole rings is 1. The molecule has 29 heavy (non-hydrogen) atoms. The van der Waals surface area contributed by atoms with Crippen LogP contribution in [0.5, 0.6) is 0 Å². The molecule has 0 bridgehead atoms. The van der Waals surface area contributed by atoms with Crippen molar-refractivity contribution in [1.29, 1.82) is 0 Å². The molecule has 3 rings (SSSR count). The van der Waals surface area contributed by atoms with Crippen LogP contribution in [0.2, 0.25) is 0 Å². The zero-order chi connectivity index (χ0) is 19.1. The number of hydrogen-bond donors (Lipinski definition) is 2. The fraction of sp³-hybridized carbons (Fsp3) is 0.304. The number of H-pyrrole nitrogens is 1. The highest BCUT2D eigenvalue weighted by molar-refractivity contribution is 5.86. The van der Waals surface area contributed by atoms with Gasteiger partial charge in [0.15, 0.2) is 5.78 Å². The van der Waals surface area contributed by atoms with Gasteiger partial charge >= 0.3 is 0 Å². The van der Waals surface area contributed by atoms with Gasteiger partial charge in [0.2, 0.25) is 0 Å². The lowest BCUT2D eigenvalue weighted by molar-refractivity contribution is -0.119. The van der Waals surface area contributed by atoms with Crippen molar-refractivity contribution in [3.8, 4) is 11.1 Å². The number of nitrogens with zero attached hydrogens (tertiary/aromatic N) is 1. The molecule has 0 saturated carbocycles. The Bertz CT molecular complexity index is 847. The molecule has 0 fully saturated rings. The summed E-state index contributed by atoms with van der Waals surface area (Å²) in [7, 11) is 0. The first-order chi connectivity index (χ1) is 13.2. The predicted molar refractivity (Wildman–Crippen MR) is 124 cm³/mol. The number of benzene rings is 2. The maximum Gasteiger partial charge on any atom is 0.154 e. The highest BCUT2D eigenvalue weighted by atomic mass is 35.5. The second-order valence-electron chi connectivity index (χ2n) is 7.03. The van der Waals surface area contributed by atoms with E-state index in [0.717, 1.165) is 23.2 Å². The van der Waals surface area contributed by atoms with E-state index in [1.54, 1.807) is 12.5 Å². The maximum atomic E-state index is 12.4. The van der Waals surface area contributed by atoms with Gasteiger partial charge in [0.05, 0.1) is 12.4 Å². The van der Waals surface area contributed by atoms with Crippen LogP contribution < -0.4 is 5.73 Å². The van der Waals surface area contributed by atoms with Crippen LogP contribution in [0.1, 0.15) is 36.6 Å². The molecule has 0 aliphatic carbocycles. The molecule has 6 heteroatoms. The molecule has 0 unspecified atom stereocenters. The zero-order valence-electron chi connectivity index (χ0n) is 16.6. The summed E-state index contributed by atoms with van der Waals surface area (Å²) in [6, 6.07) is 16.4. The molecule has 0 saturated heterocycles. The molecule has 0 radical (unpaired) electrons. The molecule has 0 spiro atoms. The molecular formula is C23H29Cl2N3O. The number of halogens is 2. The molecule has 4 nitrogen and oxygen atoms in total. The number of aromatic nitrogens is 2. The van der Waals surface area contributed by atoms with Crippen molar-refractivity contribution in [3.63, 3.8) is 0 Å². The third-order valence-corrected chi connectivity index (χ3v) is 4.85. The van der Waals surface area contributed by atoms with E-state index in [2.05, 4.69) is 53.3 Å². The summed E-state index contributed by atoms with van der Waals surface area (Å²) in [5.41, 5.74) is 11.6. The first kappa shape index (κ1) is 24.9. The van der Waals surface area contributed by atoms with Crippen LogP contribution in [0.15, 0.2) is 61.1 Å². The highest BCUT2D eigenvalue weighted by Crippen LogP contribution is 2.21. The number of nitrogens with one attached hydrogen (secondary N) is 1. The van der Waals surface area contributed by atoms with Gasteiger partial charge in [0.25, 0.3) is 0 Å². The number of aromatic amines is 1. The summed E-state index contributed by atoms with van der Waals surface area (Å²) in [5, 5.41) is 0. The Hall–Kier alpha value is -2.14. The molecule has 0 aliphatic heterocycles. The summed E-state index contributed by atoms with van der Waals surface area (Å²) < 4.78 is 0. The number of ketones is 1. The average Bonchev–Trinajstić information content (AvgIpc) is 3.20. The molecular weight excluding hydrogens is 405 g/mol. The first-order valence-corrected chi connectivity index (χ1v) is 9.59. The van der Waals surface area contributed by atoms with Crippen LogP contribution in [0, 0.1) is 0 Å². The summed E-state index contributed by atoms with van der Waals surface area (Å²) in [6.07, 6.45) is 7.72. The van der Waals surface area contributed by atoms with Crippen molar-refractivity contribution < 1.29 is 4.79 Å². The third-order valence-electron chi connectivity index (χ3n) is 4.85. The zero-order valence-corrected chi connectivity index (χ0v) is 18.3. The SMILES string of the molecule is CCCCc1ccc(-c2ccc(CC(=O)[C@@H](N)Cc3cnc[nH]3)cc2)cc1.Cl.Cl. The average molecular weight is 434 g/mol. The van der Waals surface area contributed by atoms with Crippen LogP contribution in [-0.4, -0.2) is 21.8 Å². The van der Waals surface area contributed by atoms with E-state index in [-0.39, 0.29) is 30.6 Å². The summed E-state index contributed by atoms with van der Waals surface area (Å²) in [5.74, 6) is 0.0395. The lowest BCUT2D eigenvalue weighted by atomic mass is 9.97. The van der Waals surface area contributed by atoms with Crippen LogP contribution in [0.4, 0.5) is 0 Å². The van der Waals surface area contributed by atoms with Gasteiger partial charge in [-0.2, -0.15) is 0 Å². The van der Waals surface area contributed by atoms with E-state index < -0.39 is 6.04 Å². The molecule has 3 aromatic rings. The number of unbranched alkanes of at least 4 members (excludes halogenated alkanes) is 1. The maximum absolute atomic E-state index is 12.4. The lowest BCUT2D eigenvalue weighted by Gasteiger charge is -2.10. The van der Waals surface area contributed by atoms with Gasteiger partial charge in [-0.15, -0.1) is 24.8 Å². The summed E-state index contributed by atoms with van der Waals surface area (Å²) in [6.45, 7) is 2.21. The smallest absolute Gasteiger partial charge is 0.154 e. The van der Waals surface area contributed by atoms with Crippen LogP contribution in [0.3, 0.4) is 0 Å². The lowest BCUT2D eigenvalue weighted by Crippen LogP contribution is -2.34. The standard InChI is InChI=1S/C23H27N3O.2ClH/c1-2-3-4-17-5-9-19(10-6-17)20-11-7-18(8-12-20)13-23(27)22(24)14-21-15-25-16-26-21;;/h5-12,15-16,22H,2-4,13-14,24H2,1H3,(H,25,26);2*1H/t22-;;/m0../s1. The van der Waals surface area contributed by atoms with Crippen molar-refractivity contribution in [3.05, 3.63) is 77.9 Å². The van der Waals surface area contributed by atoms with Crippen molar-refractivity contribution in [1.82, 2.24) is 9.97 Å². The molecule has 0 aliphatic rings. The minimum atomic E-state index is -0.513. The Morgan fingerprint density at radius 3 is 2.10 bits per heavy atom. The van der Waals surface area contributed by atoms with Crippen LogP contribution >= 0.6 is 24.8 Å². The summed E-state index contributed by atoms with van der Waals surface area (Å²) in [4.78, 5) is 19.3. The Kier molecular flexibility index (Phi) is 10.7. The van der Waals surface area contributed by atoms with Gasteiger partial charge in [0, 0.05) is 24.7 Å². The number of nitrogens with two attached hydrogens (primary N) is 1. The van der Waals surface area contributed by atoms with E-state index in [1.807, 2.05) is 12.1 Å². The Balaban J connectivity index is 0.00000210. The minimum absolute atomic E-state index is 0. The van der Waals surface area contributed by atoms with E-state index in [0.29, 0.717) is 12.8 Å². The van der Waals surface area contributed by atoms with E-state index in [1.165, 1.54) is 24.0 Å². The fourth-order valence-corrected chi connectivity index (χ4v) is 3.14. The van der Waals surface area contributed by atoms with E-state index in [4.69, 9.17) is 5.73 Å². The second kappa shape index (κ2) is 12.4. The van der Waals surface area contributed by atoms with Gasteiger partial charge < -0.3 is 10.7 Å². The molecule has 1 aromatic heterocycles. The van der Waals surface area contributed by atoms with Gasteiger partial charge in [-0.3, -0.25) is 4.79 Å². The van der Waals surface area contributed by atoms with E-state index >= 15 is 0 Å². The third kappa shape index (κ3) is 7.32. The van der Waals surface area contributed by atoms with Gasteiger partial charge in [-0.05, 0) is 35.1 Å². The number of carbonyl (C=O) groups is 1. The molecule has 3 N–H and O–H groups in total. The van der Waals surface area contributed by atoms with Crippen LogP contribution in [-0.2, 0) is 24.1 Å². The molecule has 1 atom stereocenters. The predicted octanol–water partition coefficient (Wildman–Crippen LogP) is 4.94. The van der Waals surface area contributed by atoms with Gasteiger partial charge in [0.1, 0.15) is 0 Å². The van der Waals surface area contributed by atoms with Gasteiger partial charge in [-0.1, -0.05) is 61.9 Å². The van der Waals surface area contributed by atoms with Gasteiger partial charge in [-0.25, -0.2) is 4.98 Å². The van der Waals surface area contributed by atoms with Crippen molar-refractivity contribution >= 4 is 30.6 Å². The normalized spacial score (nSPS) is 11.2. The Morgan fingerprint density at radius 2 is 1.59 bits per heavy atom. The molecule has 1 heterocycles. The molecule has 2 aromatic carbocycles. The van der Waals surface area contributed by atoms with Crippen molar-refractivity contribution in [2.45, 2.75) is 45.1 Å². The monoisotopic (exact) mass is 433 g/mol. The minimum Gasteiger partial charge on any atom is -0.348 e. The molecule has 156 valence electrons. The Morgan fingerprint density at radius 1 is 1.00 bits per heavy atom. The number of carbonyl (C=O) groups excluding carboxylic acids is 1. The first-order valence-electron chi connectivity index (χ1n) is 9.59. The largest absolute Gasteiger partial charge is 0.348 e. The quantitative estimate of drug-likeness (QED) is 0.501. The van der Waals surface area contributed by atoms with Crippen molar-refractivity contribution in [2.24, 2.45) is 5.73 Å². The highest BCUT2D eigenvalue weighted by Gasteiger charge is 2.15. The number of rotatable bonds is 9. The fourth-order valence-electron chi connectivity index (χ4n) is 3.14. The van der Waals surface area contributed by atoms with E-state index in [9.17, 15) is 4.79 Å². The second-order valence-corrected chi connectivity index (χ2v) is 7.03. The molecule has 0 amide bonds. The summed E-state index contributed by atoms with van der Waals surface area (Å²) >= 11 is 0. The number of hydrogen-bond acceptors (Lipinski definition) is 3. The number of Topliss-reactive ketones (excluding diaryl/α,β-unsaturated/α-hetero) is 1. The Labute approximate surface area is 185 Å². The van der Waals surface area contributed by atoms with Crippen LogP contribution in [0.25, 0.3) is 11.1 Å². The number of aryl methyl sites for hydroxylation is 1.